The van der Waals surface area contributed by atoms with Crippen LogP contribution in [0.1, 0.15) is 19.3 Å². The van der Waals surface area contributed by atoms with Crippen LogP contribution < -0.4 is 5.73 Å². The molecule has 0 aromatic heterocycles. The lowest BCUT2D eigenvalue weighted by atomic mass is 10.2. The molecule has 11 heavy (non-hydrogen) atoms. The third-order valence-corrected chi connectivity index (χ3v) is 2.18. The van der Waals surface area contributed by atoms with Crippen LogP contribution >= 0.6 is 0 Å². The van der Waals surface area contributed by atoms with Gasteiger partial charge in [-0.05, 0) is 19.4 Å². The summed E-state index contributed by atoms with van der Waals surface area (Å²) in [6, 6.07) is 0.387. The Morgan fingerprint density at radius 2 is 2.36 bits per heavy atom. The molecule has 0 bridgehead atoms. The van der Waals surface area contributed by atoms with Crippen LogP contribution in [-0.2, 0) is 0 Å². The van der Waals surface area contributed by atoms with Crippen LogP contribution in [0.3, 0.4) is 0 Å². The number of hydrogen-bond donors (Lipinski definition) is 1. The fourth-order valence-corrected chi connectivity index (χ4v) is 1.60. The molecule has 0 saturated carbocycles. The molecule has 1 aliphatic heterocycles. The third-order valence-electron chi connectivity index (χ3n) is 2.18. The lowest BCUT2D eigenvalue weighted by Crippen LogP contribution is -2.35. The van der Waals surface area contributed by atoms with Crippen LogP contribution in [0.5, 0.6) is 0 Å². The van der Waals surface area contributed by atoms with Gasteiger partial charge in [0.1, 0.15) is 0 Å². The van der Waals surface area contributed by atoms with Gasteiger partial charge in [-0.15, -0.1) is 6.58 Å². The smallest absolute Gasteiger partial charge is 0.0167 e. The van der Waals surface area contributed by atoms with E-state index >= 15 is 0 Å². The van der Waals surface area contributed by atoms with Crippen LogP contribution in [0, 0.1) is 0 Å². The Balaban J connectivity index is 2.32. The predicted octanol–water partition coefficient (Wildman–Crippen LogP) is 0.986. The molecule has 1 atom stereocenters. The standard InChI is InChI=1S/C9H18N2/c1-2-6-11-7-4-3-5-9(10)8-11/h2,9H,1,3-8,10H2. The fourth-order valence-electron chi connectivity index (χ4n) is 1.60. The van der Waals surface area contributed by atoms with Crippen molar-refractivity contribution < 1.29 is 0 Å². The van der Waals surface area contributed by atoms with E-state index in [1.165, 1.54) is 25.8 Å². The molecule has 0 radical (unpaired) electrons. The zero-order valence-electron chi connectivity index (χ0n) is 7.13. The Kier molecular flexibility index (Phi) is 3.60. The van der Waals surface area contributed by atoms with Gasteiger partial charge in [0.15, 0.2) is 0 Å². The Labute approximate surface area is 69.1 Å². The van der Waals surface area contributed by atoms with Crippen molar-refractivity contribution in [3.8, 4) is 0 Å². The monoisotopic (exact) mass is 154 g/mol. The normalized spacial score (nSPS) is 27.9. The molecule has 0 aromatic rings. The zero-order valence-corrected chi connectivity index (χ0v) is 7.13. The minimum atomic E-state index is 0.387. The second-order valence-electron chi connectivity index (χ2n) is 3.30. The van der Waals surface area contributed by atoms with E-state index in [1.54, 1.807) is 0 Å². The van der Waals surface area contributed by atoms with Gasteiger partial charge < -0.3 is 5.73 Å². The van der Waals surface area contributed by atoms with E-state index in [0.29, 0.717) is 6.04 Å². The highest BCUT2D eigenvalue weighted by Gasteiger charge is 2.12. The van der Waals surface area contributed by atoms with Crippen molar-refractivity contribution in [2.24, 2.45) is 5.73 Å². The van der Waals surface area contributed by atoms with Crippen molar-refractivity contribution in [1.82, 2.24) is 4.90 Å². The van der Waals surface area contributed by atoms with Crippen molar-refractivity contribution in [1.29, 1.82) is 0 Å². The van der Waals surface area contributed by atoms with E-state index in [4.69, 9.17) is 5.73 Å². The lowest BCUT2D eigenvalue weighted by Gasteiger charge is -2.19. The second kappa shape index (κ2) is 4.52. The molecule has 1 rings (SSSR count). The van der Waals surface area contributed by atoms with Gasteiger partial charge in [0.2, 0.25) is 0 Å². The quantitative estimate of drug-likeness (QED) is 0.601. The summed E-state index contributed by atoms with van der Waals surface area (Å²) in [6.07, 6.45) is 5.72. The molecule has 2 N–H and O–H groups in total. The summed E-state index contributed by atoms with van der Waals surface area (Å²) in [6.45, 7) is 6.96. The molecule has 2 heteroatoms. The number of likely N-dealkylation sites (tertiary alicyclic amines) is 1. The van der Waals surface area contributed by atoms with Gasteiger partial charge in [0, 0.05) is 19.1 Å². The van der Waals surface area contributed by atoms with E-state index in [-0.39, 0.29) is 0 Å². The lowest BCUT2D eigenvalue weighted by molar-refractivity contribution is 0.302. The first-order chi connectivity index (χ1) is 5.33. The molecule has 0 aliphatic carbocycles. The second-order valence-corrected chi connectivity index (χ2v) is 3.30. The highest BCUT2D eigenvalue weighted by Crippen LogP contribution is 2.08. The number of nitrogens with two attached hydrogens (primary N) is 1. The molecule has 0 aromatic carbocycles. The molecular formula is C9H18N2. The summed E-state index contributed by atoms with van der Waals surface area (Å²) in [4.78, 5) is 2.38. The van der Waals surface area contributed by atoms with Gasteiger partial charge in [-0.1, -0.05) is 12.5 Å². The largest absolute Gasteiger partial charge is 0.327 e. The number of rotatable bonds is 2. The van der Waals surface area contributed by atoms with E-state index in [1.807, 2.05) is 6.08 Å². The maximum absolute atomic E-state index is 5.88. The predicted molar refractivity (Wildman–Crippen MR) is 48.5 cm³/mol. The van der Waals surface area contributed by atoms with E-state index in [2.05, 4.69) is 11.5 Å². The first kappa shape index (κ1) is 8.75. The summed E-state index contributed by atoms with van der Waals surface area (Å²) in [5.74, 6) is 0. The van der Waals surface area contributed by atoms with Crippen LogP contribution in [0.15, 0.2) is 12.7 Å². The molecule has 1 saturated heterocycles. The van der Waals surface area contributed by atoms with Crippen molar-refractivity contribution >= 4 is 0 Å². The molecule has 1 aliphatic rings. The van der Waals surface area contributed by atoms with E-state index < -0.39 is 0 Å². The first-order valence-electron chi connectivity index (χ1n) is 4.42. The number of hydrogen-bond acceptors (Lipinski definition) is 2. The molecule has 0 spiro atoms. The highest BCUT2D eigenvalue weighted by atomic mass is 15.1. The SMILES string of the molecule is C=CCN1CCCCC(N)C1. The summed E-state index contributed by atoms with van der Waals surface area (Å²) < 4.78 is 0. The van der Waals surface area contributed by atoms with Crippen LogP contribution in [0.4, 0.5) is 0 Å². The summed E-state index contributed by atoms with van der Waals surface area (Å²) in [5, 5.41) is 0. The maximum Gasteiger partial charge on any atom is 0.0167 e. The fraction of sp³-hybridized carbons (Fsp3) is 0.778. The van der Waals surface area contributed by atoms with Crippen molar-refractivity contribution in [3.63, 3.8) is 0 Å². The Morgan fingerprint density at radius 3 is 3.09 bits per heavy atom. The first-order valence-corrected chi connectivity index (χ1v) is 4.42. The van der Waals surface area contributed by atoms with Gasteiger partial charge >= 0.3 is 0 Å². The molecule has 1 heterocycles. The molecule has 0 amide bonds. The maximum atomic E-state index is 5.88. The summed E-state index contributed by atoms with van der Waals surface area (Å²) in [7, 11) is 0. The minimum Gasteiger partial charge on any atom is -0.327 e. The van der Waals surface area contributed by atoms with Crippen molar-refractivity contribution in [3.05, 3.63) is 12.7 Å². The van der Waals surface area contributed by atoms with Gasteiger partial charge in [-0.25, -0.2) is 0 Å². The molecular weight excluding hydrogens is 136 g/mol. The average molecular weight is 154 g/mol. The molecule has 1 fully saturated rings. The zero-order chi connectivity index (χ0) is 8.10. The molecule has 1 unspecified atom stereocenters. The topological polar surface area (TPSA) is 29.3 Å². The van der Waals surface area contributed by atoms with E-state index in [0.717, 1.165) is 13.1 Å². The van der Waals surface area contributed by atoms with Gasteiger partial charge in [0.05, 0.1) is 0 Å². The highest BCUT2D eigenvalue weighted by molar-refractivity contribution is 4.79. The van der Waals surface area contributed by atoms with Crippen LogP contribution in [0.25, 0.3) is 0 Å². The van der Waals surface area contributed by atoms with Crippen LogP contribution in [-0.4, -0.2) is 30.6 Å². The van der Waals surface area contributed by atoms with E-state index in [9.17, 15) is 0 Å². The molecule has 64 valence electrons. The Morgan fingerprint density at radius 1 is 1.55 bits per heavy atom. The van der Waals surface area contributed by atoms with Crippen molar-refractivity contribution in [2.45, 2.75) is 25.3 Å². The minimum absolute atomic E-state index is 0.387. The van der Waals surface area contributed by atoms with Gasteiger partial charge in [-0.3, -0.25) is 4.90 Å². The van der Waals surface area contributed by atoms with Gasteiger partial charge in [-0.2, -0.15) is 0 Å². The summed E-state index contributed by atoms with van der Waals surface area (Å²) >= 11 is 0. The third kappa shape index (κ3) is 3.04. The average Bonchev–Trinajstić information content (AvgIpc) is 2.15. The van der Waals surface area contributed by atoms with Crippen LogP contribution in [0.2, 0.25) is 0 Å². The van der Waals surface area contributed by atoms with Gasteiger partial charge in [0.25, 0.3) is 0 Å². The van der Waals surface area contributed by atoms with Crippen molar-refractivity contribution in [2.75, 3.05) is 19.6 Å². The molecule has 2 nitrogen and oxygen atoms in total. The summed E-state index contributed by atoms with van der Waals surface area (Å²) in [5.41, 5.74) is 5.88. The number of nitrogens with zero attached hydrogens (tertiary/aromatic N) is 1. The Bertz CT molecular complexity index is 123. The Hall–Kier alpha value is -0.340.